The van der Waals surface area contributed by atoms with Crippen LogP contribution in [0.25, 0.3) is 0 Å². The molecule has 0 aromatic rings. The quantitative estimate of drug-likeness (QED) is 0.280. The summed E-state index contributed by atoms with van der Waals surface area (Å²) in [7, 11) is 0. The van der Waals surface area contributed by atoms with Gasteiger partial charge in [0, 0.05) is 39.6 Å². The number of rotatable bonds is 0. The molecule has 6 radical (unpaired) electrons. The van der Waals surface area contributed by atoms with E-state index in [1.807, 2.05) is 0 Å². The molecule has 0 aliphatic carbocycles. The van der Waals surface area contributed by atoms with Gasteiger partial charge in [0.2, 0.25) is 0 Å². The van der Waals surface area contributed by atoms with Gasteiger partial charge in [-0.15, -0.1) is 0 Å². The minimum absolute atomic E-state index is 0. The molecular formula is H15AsGa2In2NSb. The zero-order valence-corrected chi connectivity index (χ0v) is 15.1. The van der Waals surface area contributed by atoms with Crippen LogP contribution in [-0.4, -0.2) is 134 Å². The van der Waals surface area contributed by atoms with Crippen LogP contribution in [0.5, 0.6) is 0 Å². The van der Waals surface area contributed by atoms with Crippen LogP contribution in [0.1, 0.15) is 0 Å². The van der Waals surface area contributed by atoms with Crippen LogP contribution in [0, 0.1) is 0 Å². The average molecular weight is 595 g/mol. The SMILES string of the molecule is N.[AsH3].[Ga].[Ga].[InH3].[InH3].[SbH3]. The molecule has 0 bridgehead atoms. The minimum atomic E-state index is 0. The fourth-order valence-corrected chi connectivity index (χ4v) is 0. The summed E-state index contributed by atoms with van der Waals surface area (Å²) in [6.45, 7) is 0. The predicted molar refractivity (Wildman–Crippen MR) is 56.3 cm³/mol. The molecule has 7 heteroatoms. The summed E-state index contributed by atoms with van der Waals surface area (Å²) in [6, 6.07) is 0. The van der Waals surface area contributed by atoms with Crippen molar-refractivity contribution in [2.75, 3.05) is 0 Å². The van der Waals surface area contributed by atoms with E-state index < -0.39 is 0 Å². The Morgan fingerprint density at radius 3 is 0.714 bits per heavy atom. The van der Waals surface area contributed by atoms with E-state index in [4.69, 9.17) is 0 Å². The Balaban J connectivity index is 0. The molecule has 1 atom stereocenters. The maximum absolute atomic E-state index is 0. The van der Waals surface area contributed by atoms with Crippen LogP contribution < -0.4 is 6.15 Å². The van der Waals surface area contributed by atoms with Crippen molar-refractivity contribution in [3.63, 3.8) is 0 Å². The van der Waals surface area contributed by atoms with Crippen molar-refractivity contribution in [1.82, 2.24) is 6.15 Å². The van der Waals surface area contributed by atoms with Crippen molar-refractivity contribution >= 4 is 134 Å². The predicted octanol–water partition coefficient (Wildman–Crippen LogP) is -5.34. The molecule has 0 heterocycles. The van der Waals surface area contributed by atoms with Crippen molar-refractivity contribution < 1.29 is 0 Å². The summed E-state index contributed by atoms with van der Waals surface area (Å²) in [5.41, 5.74) is 0. The fraction of sp³-hybridized carbons (Fsp3) is 0. The zero-order valence-electron chi connectivity index (χ0n) is 3.28. The van der Waals surface area contributed by atoms with Gasteiger partial charge >= 0.3 is 94.1 Å². The molecule has 0 aliphatic rings. The molecule has 42 valence electrons. The Morgan fingerprint density at radius 1 is 0.714 bits per heavy atom. The molecule has 0 saturated carbocycles. The van der Waals surface area contributed by atoms with Gasteiger partial charge in [-0.1, -0.05) is 0 Å². The van der Waals surface area contributed by atoms with Crippen LogP contribution in [0.3, 0.4) is 0 Å². The van der Waals surface area contributed by atoms with E-state index in [0.29, 0.717) is 0 Å². The van der Waals surface area contributed by atoms with Crippen molar-refractivity contribution in [3.05, 3.63) is 0 Å². The fourth-order valence-electron chi connectivity index (χ4n) is 0. The molecule has 0 aromatic carbocycles. The third-order valence-corrected chi connectivity index (χ3v) is 0. The summed E-state index contributed by atoms with van der Waals surface area (Å²) >= 11 is 0. The number of hydrogen-bond acceptors (Lipinski definition) is 1. The number of hydrogen-bond donors (Lipinski definition) is 1. The van der Waals surface area contributed by atoms with E-state index >= 15 is 0 Å². The topological polar surface area (TPSA) is 35.0 Å². The van der Waals surface area contributed by atoms with Crippen LogP contribution in [0.4, 0.5) is 0 Å². The van der Waals surface area contributed by atoms with Crippen LogP contribution >= 0.6 is 0 Å². The normalized spacial score (nSPS) is 0. The van der Waals surface area contributed by atoms with Crippen LogP contribution in [0.15, 0.2) is 0 Å². The molecular weight excluding hydrogens is 580 g/mol. The molecule has 0 aliphatic heterocycles. The molecule has 7 heavy (non-hydrogen) atoms. The Labute approximate surface area is 137 Å². The van der Waals surface area contributed by atoms with Gasteiger partial charge in [-0.2, -0.15) is 0 Å². The van der Waals surface area contributed by atoms with Gasteiger partial charge < -0.3 is 6.15 Å². The van der Waals surface area contributed by atoms with E-state index in [1.54, 1.807) is 0 Å². The van der Waals surface area contributed by atoms with Gasteiger partial charge in [0.1, 0.15) is 0 Å². The monoisotopic (exact) mass is 593 g/mol. The Hall–Kier alpha value is 4.35. The second-order valence-electron chi connectivity index (χ2n) is 0. The molecule has 1 unspecified atom stereocenters. The molecule has 0 spiro atoms. The summed E-state index contributed by atoms with van der Waals surface area (Å²) in [6.07, 6.45) is 0. The Morgan fingerprint density at radius 2 is 0.714 bits per heavy atom. The maximum atomic E-state index is 0. The van der Waals surface area contributed by atoms with E-state index in [-0.39, 0.29) is 140 Å². The molecule has 0 saturated heterocycles. The van der Waals surface area contributed by atoms with Crippen molar-refractivity contribution in [3.8, 4) is 0 Å². The molecule has 0 fully saturated rings. The van der Waals surface area contributed by atoms with Gasteiger partial charge in [0.25, 0.3) is 0 Å². The van der Waals surface area contributed by atoms with Crippen LogP contribution in [-0.2, 0) is 0 Å². The second kappa shape index (κ2) is 47.8. The first-order valence-electron chi connectivity index (χ1n) is 0. The first-order valence-corrected chi connectivity index (χ1v) is 0. The first-order chi connectivity index (χ1) is 0. The van der Waals surface area contributed by atoms with Gasteiger partial charge in [0.15, 0.2) is 0 Å². The summed E-state index contributed by atoms with van der Waals surface area (Å²) in [4.78, 5) is 0. The standard InChI is InChI=1S/AsH3.2Ga.2In.H3N.Sb.9H/h1H3;;;;;1H3;;;;;;;;;;. The Bertz CT molecular complexity index is 15.7. The van der Waals surface area contributed by atoms with E-state index in [2.05, 4.69) is 0 Å². The summed E-state index contributed by atoms with van der Waals surface area (Å²) < 4.78 is 0. The van der Waals surface area contributed by atoms with E-state index in [9.17, 15) is 0 Å². The van der Waals surface area contributed by atoms with Gasteiger partial charge in [0.05, 0.1) is 0 Å². The van der Waals surface area contributed by atoms with Gasteiger partial charge in [-0.05, 0) is 0 Å². The van der Waals surface area contributed by atoms with Gasteiger partial charge in [-0.25, -0.2) is 0 Å². The van der Waals surface area contributed by atoms with E-state index in [1.165, 1.54) is 0 Å². The average Bonchev–Trinajstić information content (AvgIpc) is 0. The van der Waals surface area contributed by atoms with Crippen molar-refractivity contribution in [1.29, 1.82) is 0 Å². The van der Waals surface area contributed by atoms with Gasteiger partial charge in [-0.3, -0.25) is 0 Å². The Kier molecular flexibility index (Phi) is 439. The third-order valence-electron chi connectivity index (χ3n) is 0. The summed E-state index contributed by atoms with van der Waals surface area (Å²) in [5, 5.41) is 0. The molecule has 3 N–H and O–H groups in total. The first kappa shape index (κ1) is 64.3. The summed E-state index contributed by atoms with van der Waals surface area (Å²) in [5.74, 6) is 0. The second-order valence-corrected chi connectivity index (χ2v) is 0. The molecule has 0 rings (SSSR count). The van der Waals surface area contributed by atoms with Crippen molar-refractivity contribution in [2.45, 2.75) is 0 Å². The van der Waals surface area contributed by atoms with E-state index in [0.717, 1.165) is 0 Å². The third kappa shape index (κ3) is 38.1. The molecule has 0 amide bonds. The zero-order chi connectivity index (χ0) is 0. The van der Waals surface area contributed by atoms with Crippen molar-refractivity contribution in [2.24, 2.45) is 0 Å². The van der Waals surface area contributed by atoms with Crippen LogP contribution in [0.2, 0.25) is 0 Å². The molecule has 1 nitrogen and oxygen atoms in total. The molecule has 0 aromatic heterocycles.